The van der Waals surface area contributed by atoms with Gasteiger partial charge < -0.3 is 9.84 Å². The van der Waals surface area contributed by atoms with Gasteiger partial charge in [0.1, 0.15) is 17.9 Å². The minimum atomic E-state index is -0.400. The number of cyclic esters (lactones) is 1. The van der Waals surface area contributed by atoms with E-state index in [4.69, 9.17) is 4.74 Å². The van der Waals surface area contributed by atoms with Crippen molar-refractivity contribution in [1.82, 2.24) is 0 Å². The first-order valence-corrected chi connectivity index (χ1v) is 7.64. The lowest BCUT2D eigenvalue weighted by Crippen LogP contribution is -2.04. The molecule has 1 heterocycles. The molecule has 0 unspecified atom stereocenters. The molecule has 1 saturated carbocycles. The Kier molecular flexibility index (Phi) is 3.52. The molecule has 111 valence electrons. The van der Waals surface area contributed by atoms with Crippen LogP contribution in [0.1, 0.15) is 65.7 Å². The van der Waals surface area contributed by atoms with Crippen LogP contribution < -0.4 is 0 Å². The van der Waals surface area contributed by atoms with Gasteiger partial charge in [-0.05, 0) is 62.7 Å². The minimum absolute atomic E-state index is 0.111. The highest BCUT2D eigenvalue weighted by atomic mass is 16.5. The maximum absolute atomic E-state index is 11.9. The fourth-order valence-electron chi connectivity index (χ4n) is 3.60. The summed E-state index contributed by atoms with van der Waals surface area (Å²) in [5.41, 5.74) is 6.70. The van der Waals surface area contributed by atoms with Crippen LogP contribution >= 0.6 is 0 Å². The molecule has 0 bridgehead atoms. The van der Waals surface area contributed by atoms with E-state index in [-0.39, 0.29) is 12.4 Å². The van der Waals surface area contributed by atoms with E-state index in [0.29, 0.717) is 5.56 Å². The number of hydrogen-bond donors (Lipinski definition) is 1. The van der Waals surface area contributed by atoms with Crippen molar-refractivity contribution in [3.05, 3.63) is 39.8 Å². The average Bonchev–Trinajstić information content (AvgIpc) is 3.11. The van der Waals surface area contributed by atoms with E-state index in [1.54, 1.807) is 0 Å². The molecule has 1 N–H and O–H groups in total. The smallest absolute Gasteiger partial charge is 0.342 e. The van der Waals surface area contributed by atoms with Crippen molar-refractivity contribution in [2.75, 3.05) is 0 Å². The van der Waals surface area contributed by atoms with Crippen molar-refractivity contribution in [1.29, 1.82) is 0 Å². The summed E-state index contributed by atoms with van der Waals surface area (Å²) >= 11 is 0. The second kappa shape index (κ2) is 5.21. The van der Waals surface area contributed by atoms with Crippen LogP contribution in [0.25, 0.3) is 5.57 Å². The number of phenols is 1. The summed E-state index contributed by atoms with van der Waals surface area (Å²) in [6, 6.07) is 0. The topological polar surface area (TPSA) is 46.5 Å². The largest absolute Gasteiger partial charge is 0.506 e. The number of aromatic hydroxyl groups is 1. The molecule has 21 heavy (non-hydrogen) atoms. The highest BCUT2D eigenvalue weighted by Gasteiger charge is 2.32. The Labute approximate surface area is 125 Å². The predicted molar refractivity (Wildman–Crippen MR) is 82.1 cm³/mol. The third-order valence-corrected chi connectivity index (χ3v) is 4.79. The molecule has 1 aromatic carbocycles. The number of ether oxygens (including phenoxy) is 1. The lowest BCUT2D eigenvalue weighted by Gasteiger charge is -2.18. The van der Waals surface area contributed by atoms with Gasteiger partial charge in [0, 0.05) is 11.1 Å². The van der Waals surface area contributed by atoms with Gasteiger partial charge in [0.25, 0.3) is 0 Å². The van der Waals surface area contributed by atoms with Crippen molar-refractivity contribution in [2.45, 2.75) is 53.1 Å². The van der Waals surface area contributed by atoms with Crippen molar-refractivity contribution >= 4 is 11.5 Å². The van der Waals surface area contributed by atoms with Crippen LogP contribution in [0.15, 0.2) is 5.57 Å². The van der Waals surface area contributed by atoms with Gasteiger partial charge in [-0.3, -0.25) is 0 Å². The lowest BCUT2D eigenvalue weighted by atomic mass is 9.86. The Bertz CT molecular complexity index is 645. The number of benzene rings is 1. The Morgan fingerprint density at radius 2 is 2.19 bits per heavy atom. The average molecular weight is 285 g/mol. The number of rotatable bonds is 2. The molecule has 0 atom stereocenters. The van der Waals surface area contributed by atoms with E-state index in [2.05, 4.69) is 20.3 Å². The quantitative estimate of drug-likeness (QED) is 0.832. The van der Waals surface area contributed by atoms with Crippen molar-refractivity contribution in [3.63, 3.8) is 0 Å². The number of carbonyl (C=O) groups excluding carboxylic acids is 1. The molecule has 2 aliphatic rings. The first-order valence-electron chi connectivity index (χ1n) is 7.64. The summed E-state index contributed by atoms with van der Waals surface area (Å²) < 4.78 is 5.12. The number of esters is 1. The molecule has 3 heteroatoms. The Hall–Kier alpha value is -1.77. The monoisotopic (exact) mass is 285 g/mol. The molecular weight excluding hydrogens is 264 g/mol. The van der Waals surface area contributed by atoms with Crippen LogP contribution in [0.3, 0.4) is 0 Å². The zero-order valence-corrected chi connectivity index (χ0v) is 12.9. The molecule has 3 nitrogen and oxygen atoms in total. The summed E-state index contributed by atoms with van der Waals surface area (Å²) in [6.07, 6.45) is 6.40. The highest BCUT2D eigenvalue weighted by Crippen LogP contribution is 2.43. The van der Waals surface area contributed by atoms with Gasteiger partial charge in [-0.2, -0.15) is 0 Å². The number of carbonyl (C=O) groups is 1. The van der Waals surface area contributed by atoms with E-state index in [9.17, 15) is 9.90 Å². The zero-order valence-electron chi connectivity index (χ0n) is 12.9. The van der Waals surface area contributed by atoms with E-state index in [1.165, 1.54) is 12.0 Å². The molecule has 1 fully saturated rings. The van der Waals surface area contributed by atoms with Crippen LogP contribution in [0, 0.1) is 13.3 Å². The molecule has 1 radical (unpaired) electrons. The second-order valence-electron chi connectivity index (χ2n) is 5.86. The normalized spacial score (nSPS) is 19.7. The fourth-order valence-corrected chi connectivity index (χ4v) is 3.60. The highest BCUT2D eigenvalue weighted by molar-refractivity contribution is 5.99. The van der Waals surface area contributed by atoms with Crippen LogP contribution in [0.4, 0.5) is 0 Å². The van der Waals surface area contributed by atoms with Gasteiger partial charge in [-0.15, -0.1) is 0 Å². The van der Waals surface area contributed by atoms with Gasteiger partial charge in [0.2, 0.25) is 0 Å². The standard InChI is InChI=1S/C18H21O3/c1-4-13-11(3)14-9-21-18(20)16(14)17(19)15(13)10(2)12-7-5-6-8-12/h7,19H,4-6,8-9H2,1-3H3/b12-10+. The van der Waals surface area contributed by atoms with Gasteiger partial charge in [0.15, 0.2) is 0 Å². The number of fused-ring (bicyclic) bond motifs is 1. The summed E-state index contributed by atoms with van der Waals surface area (Å²) in [5.74, 6) is -0.289. The molecule has 3 rings (SSSR count). The van der Waals surface area contributed by atoms with E-state index in [0.717, 1.165) is 47.1 Å². The fraction of sp³-hybridized carbons (Fsp3) is 0.444. The SMILES string of the molecule is CCc1c(C)c2c(c(O)c1/C(C)=C1\[CH]CCC1)C(=O)OC2. The first-order chi connectivity index (χ1) is 10.1. The van der Waals surface area contributed by atoms with Gasteiger partial charge in [-0.1, -0.05) is 12.5 Å². The molecule has 0 spiro atoms. The third-order valence-electron chi connectivity index (χ3n) is 4.79. The summed E-state index contributed by atoms with van der Waals surface area (Å²) in [6.45, 7) is 6.45. The molecule has 0 amide bonds. The zero-order chi connectivity index (χ0) is 15.1. The second-order valence-corrected chi connectivity index (χ2v) is 5.86. The van der Waals surface area contributed by atoms with Gasteiger partial charge in [0.05, 0.1) is 0 Å². The predicted octanol–water partition coefficient (Wildman–Crippen LogP) is 4.10. The van der Waals surface area contributed by atoms with Crippen molar-refractivity contribution < 1.29 is 14.6 Å². The summed E-state index contributed by atoms with van der Waals surface area (Å²) in [7, 11) is 0. The molecule has 1 aliphatic carbocycles. The molecular formula is C18H21O3. The van der Waals surface area contributed by atoms with Crippen molar-refractivity contribution in [2.24, 2.45) is 0 Å². The number of phenolic OH excluding ortho intramolecular Hbond substituents is 1. The Balaban J connectivity index is 2.30. The summed E-state index contributed by atoms with van der Waals surface area (Å²) in [5, 5.41) is 10.7. The third kappa shape index (κ3) is 2.06. The first kappa shape index (κ1) is 14.2. The lowest BCUT2D eigenvalue weighted by molar-refractivity contribution is 0.0533. The van der Waals surface area contributed by atoms with Crippen LogP contribution in [-0.4, -0.2) is 11.1 Å². The van der Waals surface area contributed by atoms with E-state index in [1.807, 2.05) is 6.92 Å². The van der Waals surface area contributed by atoms with Crippen LogP contribution in [0.2, 0.25) is 0 Å². The van der Waals surface area contributed by atoms with E-state index < -0.39 is 5.97 Å². The molecule has 1 aliphatic heterocycles. The summed E-state index contributed by atoms with van der Waals surface area (Å²) in [4.78, 5) is 11.9. The molecule has 0 aromatic heterocycles. The molecule has 1 aromatic rings. The van der Waals surface area contributed by atoms with Crippen molar-refractivity contribution in [3.8, 4) is 5.75 Å². The Morgan fingerprint density at radius 3 is 2.81 bits per heavy atom. The number of allylic oxidation sites excluding steroid dienone is 2. The van der Waals surface area contributed by atoms with Gasteiger partial charge in [-0.25, -0.2) is 4.79 Å². The van der Waals surface area contributed by atoms with Crippen LogP contribution in [-0.2, 0) is 17.8 Å². The number of hydrogen-bond acceptors (Lipinski definition) is 3. The van der Waals surface area contributed by atoms with Gasteiger partial charge >= 0.3 is 5.97 Å². The maximum atomic E-state index is 11.9. The van der Waals surface area contributed by atoms with Crippen LogP contribution in [0.5, 0.6) is 5.75 Å². The molecule has 0 saturated heterocycles. The minimum Gasteiger partial charge on any atom is -0.506 e. The maximum Gasteiger partial charge on any atom is 0.342 e. The van der Waals surface area contributed by atoms with E-state index >= 15 is 0 Å². The Morgan fingerprint density at radius 1 is 1.43 bits per heavy atom.